The highest BCUT2D eigenvalue weighted by molar-refractivity contribution is 9.10. The van der Waals surface area contributed by atoms with Crippen molar-refractivity contribution >= 4 is 32.9 Å². The van der Waals surface area contributed by atoms with E-state index in [-0.39, 0.29) is 5.97 Å². The molecular weight excluding hydrogens is 358 g/mol. The van der Waals surface area contributed by atoms with Crippen molar-refractivity contribution in [3.63, 3.8) is 0 Å². The average molecular weight is 374 g/mol. The van der Waals surface area contributed by atoms with Gasteiger partial charge in [-0.3, -0.25) is 0 Å². The molecule has 0 atom stereocenters. The standard InChI is InChI=1S/C17H16BrN3O2/c1-4-21-16-15(10(2)20-21)13(17(22)23-3)9-14(19-16)11-6-5-7-12(18)8-11/h5-9H,4H2,1-3H3. The summed E-state index contributed by atoms with van der Waals surface area (Å²) in [5.74, 6) is -0.382. The maximum atomic E-state index is 12.2. The molecule has 5 nitrogen and oxygen atoms in total. The van der Waals surface area contributed by atoms with Gasteiger partial charge in [0.25, 0.3) is 0 Å². The minimum atomic E-state index is -0.382. The average Bonchev–Trinajstić information content (AvgIpc) is 2.89. The van der Waals surface area contributed by atoms with Crippen LogP contribution >= 0.6 is 15.9 Å². The van der Waals surface area contributed by atoms with Gasteiger partial charge in [-0.15, -0.1) is 0 Å². The highest BCUT2D eigenvalue weighted by Crippen LogP contribution is 2.28. The van der Waals surface area contributed by atoms with Crippen LogP contribution in [0.2, 0.25) is 0 Å². The van der Waals surface area contributed by atoms with E-state index in [4.69, 9.17) is 9.72 Å². The van der Waals surface area contributed by atoms with Crippen LogP contribution in [0.1, 0.15) is 23.0 Å². The van der Waals surface area contributed by atoms with Gasteiger partial charge in [-0.25, -0.2) is 14.5 Å². The van der Waals surface area contributed by atoms with Gasteiger partial charge in [0.15, 0.2) is 5.65 Å². The molecule has 0 spiro atoms. The predicted octanol–water partition coefficient (Wildman–Crippen LogP) is 3.98. The van der Waals surface area contributed by atoms with Crippen molar-refractivity contribution < 1.29 is 9.53 Å². The molecule has 0 amide bonds. The Morgan fingerprint density at radius 3 is 2.78 bits per heavy atom. The number of rotatable bonds is 3. The van der Waals surface area contributed by atoms with Gasteiger partial charge >= 0.3 is 5.97 Å². The third-order valence-electron chi connectivity index (χ3n) is 3.70. The van der Waals surface area contributed by atoms with E-state index in [2.05, 4.69) is 21.0 Å². The first kappa shape index (κ1) is 15.7. The van der Waals surface area contributed by atoms with Crippen molar-refractivity contribution in [3.8, 4) is 11.3 Å². The van der Waals surface area contributed by atoms with Gasteiger partial charge in [0.2, 0.25) is 0 Å². The van der Waals surface area contributed by atoms with Crippen LogP contribution < -0.4 is 0 Å². The first-order valence-electron chi connectivity index (χ1n) is 7.27. The Kier molecular flexibility index (Phi) is 4.17. The smallest absolute Gasteiger partial charge is 0.338 e. The summed E-state index contributed by atoms with van der Waals surface area (Å²) in [5, 5.41) is 5.22. The molecule has 0 fully saturated rings. The van der Waals surface area contributed by atoms with E-state index < -0.39 is 0 Å². The molecule has 6 heteroatoms. The zero-order valence-corrected chi connectivity index (χ0v) is 14.7. The second-order valence-electron chi connectivity index (χ2n) is 5.16. The number of methoxy groups -OCH3 is 1. The van der Waals surface area contributed by atoms with Gasteiger partial charge in [-0.05, 0) is 32.0 Å². The lowest BCUT2D eigenvalue weighted by molar-refractivity contribution is 0.0603. The molecule has 0 aliphatic heterocycles. The number of carbonyl (C=O) groups is 1. The molecule has 0 saturated carbocycles. The number of hydrogen-bond acceptors (Lipinski definition) is 4. The third kappa shape index (κ3) is 2.74. The number of nitrogens with zero attached hydrogens (tertiary/aromatic N) is 3. The third-order valence-corrected chi connectivity index (χ3v) is 4.20. The van der Waals surface area contributed by atoms with E-state index in [0.29, 0.717) is 23.4 Å². The number of benzene rings is 1. The van der Waals surface area contributed by atoms with E-state index in [1.165, 1.54) is 7.11 Å². The molecule has 0 N–H and O–H groups in total. The minimum absolute atomic E-state index is 0.382. The summed E-state index contributed by atoms with van der Waals surface area (Å²) in [6, 6.07) is 9.58. The molecule has 0 radical (unpaired) electrons. The molecule has 2 aromatic heterocycles. The molecule has 3 aromatic rings. The Balaban J connectivity index is 2.34. The zero-order chi connectivity index (χ0) is 16.6. The molecular formula is C17H16BrN3O2. The maximum absolute atomic E-state index is 12.2. The molecule has 0 saturated heterocycles. The maximum Gasteiger partial charge on any atom is 0.338 e. The summed E-state index contributed by atoms with van der Waals surface area (Å²) in [6.45, 7) is 4.55. The monoisotopic (exact) mass is 373 g/mol. The van der Waals surface area contributed by atoms with Crippen LogP contribution in [0.4, 0.5) is 0 Å². The van der Waals surface area contributed by atoms with Crippen molar-refractivity contribution in [2.24, 2.45) is 0 Å². The van der Waals surface area contributed by atoms with E-state index >= 15 is 0 Å². The summed E-state index contributed by atoms with van der Waals surface area (Å²) in [6.07, 6.45) is 0. The van der Waals surface area contributed by atoms with Gasteiger partial charge in [0, 0.05) is 16.6 Å². The number of fused-ring (bicyclic) bond motifs is 1. The summed E-state index contributed by atoms with van der Waals surface area (Å²) < 4.78 is 7.70. The molecule has 0 unspecified atom stereocenters. The number of aryl methyl sites for hydroxylation is 2. The van der Waals surface area contributed by atoms with Crippen molar-refractivity contribution in [3.05, 3.63) is 46.1 Å². The van der Waals surface area contributed by atoms with Crippen molar-refractivity contribution in [1.82, 2.24) is 14.8 Å². The van der Waals surface area contributed by atoms with Gasteiger partial charge in [-0.2, -0.15) is 5.10 Å². The van der Waals surface area contributed by atoms with Gasteiger partial charge in [0.05, 0.1) is 29.4 Å². The topological polar surface area (TPSA) is 57.0 Å². The second kappa shape index (κ2) is 6.12. The van der Waals surface area contributed by atoms with Crippen LogP contribution in [0.5, 0.6) is 0 Å². The summed E-state index contributed by atoms with van der Waals surface area (Å²) in [5.41, 5.74) is 3.60. The fourth-order valence-electron chi connectivity index (χ4n) is 2.64. The Morgan fingerprint density at radius 1 is 1.35 bits per heavy atom. The Morgan fingerprint density at radius 2 is 2.13 bits per heavy atom. The van der Waals surface area contributed by atoms with E-state index in [1.54, 1.807) is 10.7 Å². The molecule has 3 rings (SSSR count). The number of esters is 1. The van der Waals surface area contributed by atoms with Crippen molar-refractivity contribution in [1.29, 1.82) is 0 Å². The van der Waals surface area contributed by atoms with Crippen molar-refractivity contribution in [2.75, 3.05) is 7.11 Å². The van der Waals surface area contributed by atoms with Crippen LogP contribution in [-0.2, 0) is 11.3 Å². The van der Waals surface area contributed by atoms with Crippen LogP contribution in [0.3, 0.4) is 0 Å². The van der Waals surface area contributed by atoms with Crippen LogP contribution in [0, 0.1) is 6.92 Å². The van der Waals surface area contributed by atoms with E-state index in [0.717, 1.165) is 21.1 Å². The fourth-order valence-corrected chi connectivity index (χ4v) is 3.04. The van der Waals surface area contributed by atoms with E-state index in [1.807, 2.05) is 38.1 Å². The molecule has 23 heavy (non-hydrogen) atoms. The van der Waals surface area contributed by atoms with Crippen LogP contribution in [0.25, 0.3) is 22.3 Å². The van der Waals surface area contributed by atoms with Crippen LogP contribution in [0.15, 0.2) is 34.8 Å². The molecule has 0 aliphatic rings. The van der Waals surface area contributed by atoms with Gasteiger partial charge < -0.3 is 4.74 Å². The van der Waals surface area contributed by atoms with Crippen molar-refractivity contribution in [2.45, 2.75) is 20.4 Å². The van der Waals surface area contributed by atoms with E-state index in [9.17, 15) is 4.79 Å². The first-order chi connectivity index (χ1) is 11.0. The lowest BCUT2D eigenvalue weighted by atomic mass is 10.1. The Labute approximate surface area is 142 Å². The molecule has 0 aliphatic carbocycles. The number of pyridine rings is 1. The largest absolute Gasteiger partial charge is 0.465 e. The normalized spacial score (nSPS) is 11.0. The minimum Gasteiger partial charge on any atom is -0.465 e. The number of halogens is 1. The summed E-state index contributed by atoms with van der Waals surface area (Å²) >= 11 is 3.47. The molecule has 118 valence electrons. The molecule has 2 heterocycles. The fraction of sp³-hybridized carbons (Fsp3) is 0.235. The second-order valence-corrected chi connectivity index (χ2v) is 6.07. The van der Waals surface area contributed by atoms with Crippen LogP contribution in [-0.4, -0.2) is 27.8 Å². The predicted molar refractivity (Wildman–Crippen MR) is 92.4 cm³/mol. The first-order valence-corrected chi connectivity index (χ1v) is 8.06. The number of carbonyl (C=O) groups excluding carboxylic acids is 1. The number of aromatic nitrogens is 3. The Hall–Kier alpha value is -2.21. The summed E-state index contributed by atoms with van der Waals surface area (Å²) in [7, 11) is 1.38. The number of hydrogen-bond donors (Lipinski definition) is 0. The van der Waals surface area contributed by atoms with Gasteiger partial charge in [0.1, 0.15) is 0 Å². The quantitative estimate of drug-likeness (QED) is 0.651. The number of ether oxygens (including phenoxy) is 1. The highest BCUT2D eigenvalue weighted by atomic mass is 79.9. The lowest BCUT2D eigenvalue weighted by Crippen LogP contribution is -2.05. The highest BCUT2D eigenvalue weighted by Gasteiger charge is 2.20. The zero-order valence-electron chi connectivity index (χ0n) is 13.1. The summed E-state index contributed by atoms with van der Waals surface area (Å²) in [4.78, 5) is 17.0. The SMILES string of the molecule is CCn1nc(C)c2c(C(=O)OC)cc(-c3cccc(Br)c3)nc21. The molecule has 0 bridgehead atoms. The molecule has 1 aromatic carbocycles. The Bertz CT molecular complexity index is 902. The van der Waals surface area contributed by atoms with Gasteiger partial charge in [-0.1, -0.05) is 28.1 Å². The lowest BCUT2D eigenvalue weighted by Gasteiger charge is -2.08.